The van der Waals surface area contributed by atoms with Crippen molar-refractivity contribution in [3.63, 3.8) is 0 Å². The molecule has 118 valence electrons. The van der Waals surface area contributed by atoms with Crippen LogP contribution in [0.15, 0.2) is 6.33 Å². The third kappa shape index (κ3) is 3.64. The number of aliphatic hydroxyl groups excluding tert-OH is 1. The van der Waals surface area contributed by atoms with Gasteiger partial charge in [-0.2, -0.15) is 0 Å². The second kappa shape index (κ2) is 7.07. The number of hydrogen-bond acceptors (Lipinski definition) is 5. The van der Waals surface area contributed by atoms with Crippen LogP contribution in [0.4, 0.5) is 11.6 Å². The van der Waals surface area contributed by atoms with Crippen molar-refractivity contribution < 1.29 is 5.11 Å². The standard InChI is InChI=1S/C16H28N4O/c1-4-13-14(17-5-2)18-11-19-15(13)20-16(10-21)8-6-12(3)7-9-16/h11-12,21H,4-10H2,1-3H3,(H2,17,18,19,20). The predicted octanol–water partition coefficient (Wildman–Crippen LogP) is 2.82. The minimum atomic E-state index is -0.228. The Morgan fingerprint density at radius 1 is 1.24 bits per heavy atom. The van der Waals surface area contributed by atoms with Gasteiger partial charge in [0.25, 0.3) is 0 Å². The molecule has 3 N–H and O–H groups in total. The fraction of sp³-hybridized carbons (Fsp3) is 0.750. The van der Waals surface area contributed by atoms with Crippen LogP contribution >= 0.6 is 0 Å². The van der Waals surface area contributed by atoms with Crippen LogP contribution in [0.5, 0.6) is 0 Å². The Bertz CT molecular complexity index is 456. The second-order valence-corrected chi connectivity index (χ2v) is 6.18. The average Bonchev–Trinajstić information content (AvgIpc) is 2.50. The van der Waals surface area contributed by atoms with Gasteiger partial charge in [-0.25, -0.2) is 9.97 Å². The van der Waals surface area contributed by atoms with E-state index in [1.54, 1.807) is 6.33 Å². The molecule has 5 heteroatoms. The summed E-state index contributed by atoms with van der Waals surface area (Å²) in [5, 5.41) is 16.7. The Morgan fingerprint density at radius 3 is 2.48 bits per heavy atom. The quantitative estimate of drug-likeness (QED) is 0.752. The van der Waals surface area contributed by atoms with Gasteiger partial charge in [-0.3, -0.25) is 0 Å². The van der Waals surface area contributed by atoms with Crippen LogP contribution < -0.4 is 10.6 Å². The van der Waals surface area contributed by atoms with Crippen LogP contribution in [0.1, 0.15) is 52.0 Å². The summed E-state index contributed by atoms with van der Waals surface area (Å²) in [7, 11) is 0. The van der Waals surface area contributed by atoms with Crippen molar-refractivity contribution in [3.05, 3.63) is 11.9 Å². The first-order valence-electron chi connectivity index (χ1n) is 8.11. The molecule has 21 heavy (non-hydrogen) atoms. The number of hydrogen-bond donors (Lipinski definition) is 3. The minimum absolute atomic E-state index is 0.156. The van der Waals surface area contributed by atoms with E-state index in [0.717, 1.165) is 61.8 Å². The molecule has 2 rings (SSSR count). The number of rotatable bonds is 6. The highest BCUT2D eigenvalue weighted by Crippen LogP contribution is 2.35. The van der Waals surface area contributed by atoms with Crippen LogP contribution in [0.25, 0.3) is 0 Å². The molecule has 1 aromatic heterocycles. The van der Waals surface area contributed by atoms with Crippen molar-refractivity contribution in [2.24, 2.45) is 5.92 Å². The molecule has 0 amide bonds. The first-order valence-corrected chi connectivity index (χ1v) is 8.11. The summed E-state index contributed by atoms with van der Waals surface area (Å²) < 4.78 is 0. The molecule has 0 bridgehead atoms. The number of nitrogens with one attached hydrogen (secondary N) is 2. The summed E-state index contributed by atoms with van der Waals surface area (Å²) in [4.78, 5) is 8.75. The molecule has 1 aromatic rings. The lowest BCUT2D eigenvalue weighted by Crippen LogP contribution is -2.45. The van der Waals surface area contributed by atoms with Gasteiger partial charge in [0.1, 0.15) is 18.0 Å². The molecule has 0 spiro atoms. The fourth-order valence-corrected chi connectivity index (χ4v) is 3.06. The number of aliphatic hydroxyl groups is 1. The van der Waals surface area contributed by atoms with Gasteiger partial charge in [0.05, 0.1) is 12.1 Å². The molecule has 1 fully saturated rings. The highest BCUT2D eigenvalue weighted by molar-refractivity contribution is 5.58. The summed E-state index contributed by atoms with van der Waals surface area (Å²) in [5.41, 5.74) is 0.875. The first kappa shape index (κ1) is 16.0. The molecule has 1 saturated carbocycles. The van der Waals surface area contributed by atoms with Gasteiger partial charge in [-0.05, 0) is 44.9 Å². The maximum atomic E-state index is 9.90. The average molecular weight is 292 g/mol. The molecule has 1 heterocycles. The Labute approximate surface area is 127 Å². The van der Waals surface area contributed by atoms with E-state index in [2.05, 4.69) is 41.4 Å². The number of nitrogens with zero attached hydrogens (tertiary/aromatic N) is 2. The van der Waals surface area contributed by atoms with Gasteiger partial charge < -0.3 is 15.7 Å². The minimum Gasteiger partial charge on any atom is -0.394 e. The molecule has 5 nitrogen and oxygen atoms in total. The Hall–Kier alpha value is -1.36. The molecule has 0 aliphatic heterocycles. The van der Waals surface area contributed by atoms with Crippen LogP contribution in [-0.4, -0.2) is 33.8 Å². The van der Waals surface area contributed by atoms with E-state index in [1.807, 2.05) is 0 Å². The lowest BCUT2D eigenvalue weighted by molar-refractivity contribution is 0.155. The van der Waals surface area contributed by atoms with Crippen LogP contribution in [0.2, 0.25) is 0 Å². The molecular weight excluding hydrogens is 264 g/mol. The number of aromatic nitrogens is 2. The van der Waals surface area contributed by atoms with Gasteiger partial charge in [-0.1, -0.05) is 13.8 Å². The maximum absolute atomic E-state index is 9.90. The fourth-order valence-electron chi connectivity index (χ4n) is 3.06. The Morgan fingerprint density at radius 2 is 1.90 bits per heavy atom. The summed E-state index contributed by atoms with van der Waals surface area (Å²) >= 11 is 0. The normalized spacial score (nSPS) is 25.6. The van der Waals surface area contributed by atoms with Crippen molar-refractivity contribution in [1.82, 2.24) is 9.97 Å². The lowest BCUT2D eigenvalue weighted by Gasteiger charge is -2.39. The Kier molecular flexibility index (Phi) is 5.39. The zero-order valence-electron chi connectivity index (χ0n) is 13.4. The van der Waals surface area contributed by atoms with E-state index >= 15 is 0 Å². The summed E-state index contributed by atoms with van der Waals surface area (Å²) in [5.74, 6) is 2.52. The molecule has 0 unspecified atom stereocenters. The summed E-state index contributed by atoms with van der Waals surface area (Å²) in [6.07, 6.45) is 6.75. The van der Waals surface area contributed by atoms with E-state index < -0.39 is 0 Å². The molecular formula is C16H28N4O. The monoisotopic (exact) mass is 292 g/mol. The van der Waals surface area contributed by atoms with Gasteiger partial charge in [-0.15, -0.1) is 0 Å². The van der Waals surface area contributed by atoms with E-state index in [9.17, 15) is 5.11 Å². The molecule has 0 atom stereocenters. The van der Waals surface area contributed by atoms with Crippen molar-refractivity contribution in [1.29, 1.82) is 0 Å². The van der Waals surface area contributed by atoms with E-state index in [0.29, 0.717) is 0 Å². The highest BCUT2D eigenvalue weighted by atomic mass is 16.3. The topological polar surface area (TPSA) is 70.1 Å². The molecule has 0 saturated heterocycles. The summed E-state index contributed by atoms with van der Waals surface area (Å²) in [6.45, 7) is 7.45. The van der Waals surface area contributed by atoms with Gasteiger partial charge in [0.2, 0.25) is 0 Å². The van der Waals surface area contributed by atoms with Crippen LogP contribution in [0, 0.1) is 5.92 Å². The van der Waals surface area contributed by atoms with Crippen molar-refractivity contribution in [3.8, 4) is 0 Å². The zero-order valence-corrected chi connectivity index (χ0v) is 13.4. The number of anilines is 2. The van der Waals surface area contributed by atoms with Crippen molar-refractivity contribution >= 4 is 11.6 Å². The second-order valence-electron chi connectivity index (χ2n) is 6.18. The van der Waals surface area contributed by atoms with Crippen LogP contribution in [-0.2, 0) is 6.42 Å². The smallest absolute Gasteiger partial charge is 0.135 e. The van der Waals surface area contributed by atoms with E-state index in [4.69, 9.17) is 0 Å². The van der Waals surface area contributed by atoms with Gasteiger partial charge in [0.15, 0.2) is 0 Å². The molecule has 1 aliphatic rings. The van der Waals surface area contributed by atoms with Crippen LogP contribution in [0.3, 0.4) is 0 Å². The third-order valence-electron chi connectivity index (χ3n) is 4.56. The first-order chi connectivity index (χ1) is 10.1. The highest BCUT2D eigenvalue weighted by Gasteiger charge is 2.34. The summed E-state index contributed by atoms with van der Waals surface area (Å²) in [6, 6.07) is 0. The van der Waals surface area contributed by atoms with E-state index in [1.165, 1.54) is 0 Å². The largest absolute Gasteiger partial charge is 0.394 e. The van der Waals surface area contributed by atoms with Gasteiger partial charge in [0, 0.05) is 12.1 Å². The Balaban J connectivity index is 2.23. The van der Waals surface area contributed by atoms with E-state index in [-0.39, 0.29) is 12.1 Å². The molecule has 1 aliphatic carbocycles. The van der Waals surface area contributed by atoms with Crippen molar-refractivity contribution in [2.45, 2.75) is 58.4 Å². The lowest BCUT2D eigenvalue weighted by atomic mass is 9.77. The van der Waals surface area contributed by atoms with Crippen molar-refractivity contribution in [2.75, 3.05) is 23.8 Å². The molecule has 0 aromatic carbocycles. The third-order valence-corrected chi connectivity index (χ3v) is 4.56. The SMILES string of the molecule is CCNc1ncnc(NC2(CO)CCC(C)CC2)c1CC. The predicted molar refractivity (Wildman–Crippen MR) is 86.6 cm³/mol. The zero-order chi connectivity index (χ0) is 15.3. The van der Waals surface area contributed by atoms with Gasteiger partial charge >= 0.3 is 0 Å². The maximum Gasteiger partial charge on any atom is 0.135 e. The molecule has 0 radical (unpaired) electrons.